The highest BCUT2D eigenvalue weighted by atomic mass is 16.3. The van der Waals surface area contributed by atoms with Crippen LogP contribution in [0.1, 0.15) is 21.6 Å². The number of nitrogens with zero attached hydrogens (tertiary/aromatic N) is 3. The number of carbonyl (C=O) groups is 2. The van der Waals surface area contributed by atoms with Crippen LogP contribution < -0.4 is 0 Å². The van der Waals surface area contributed by atoms with E-state index in [2.05, 4.69) is 4.98 Å². The Labute approximate surface area is 134 Å². The molecule has 2 amide bonds. The summed E-state index contributed by atoms with van der Waals surface area (Å²) in [4.78, 5) is 32.3. The second kappa shape index (κ2) is 6.64. The number of hydrogen-bond donors (Lipinski definition) is 0. The second-order valence-electron chi connectivity index (χ2n) is 5.67. The van der Waals surface area contributed by atoms with Crippen LogP contribution in [-0.2, 0) is 11.2 Å². The molecule has 23 heavy (non-hydrogen) atoms. The van der Waals surface area contributed by atoms with Crippen molar-refractivity contribution in [3.05, 3.63) is 53.7 Å². The molecular formula is C17H19N3O3. The van der Waals surface area contributed by atoms with E-state index < -0.39 is 0 Å². The highest BCUT2D eigenvalue weighted by molar-refractivity contribution is 5.94. The fraction of sp³-hybridized carbons (Fsp3) is 0.353. The van der Waals surface area contributed by atoms with E-state index in [9.17, 15) is 9.59 Å². The molecule has 1 fully saturated rings. The van der Waals surface area contributed by atoms with Gasteiger partial charge in [0.15, 0.2) is 0 Å². The van der Waals surface area contributed by atoms with Crippen LogP contribution in [0.2, 0.25) is 0 Å². The number of rotatable bonds is 3. The summed E-state index contributed by atoms with van der Waals surface area (Å²) in [7, 11) is 0. The Hall–Kier alpha value is -2.63. The van der Waals surface area contributed by atoms with Gasteiger partial charge in [-0.05, 0) is 24.6 Å². The lowest BCUT2D eigenvalue weighted by Gasteiger charge is -2.34. The van der Waals surface area contributed by atoms with Gasteiger partial charge in [-0.2, -0.15) is 0 Å². The first kappa shape index (κ1) is 15.3. The van der Waals surface area contributed by atoms with E-state index in [0.29, 0.717) is 38.2 Å². The molecule has 2 aromatic rings. The van der Waals surface area contributed by atoms with Crippen LogP contribution >= 0.6 is 0 Å². The molecule has 1 aliphatic rings. The zero-order valence-electron chi connectivity index (χ0n) is 13.1. The Balaban J connectivity index is 1.53. The predicted molar refractivity (Wildman–Crippen MR) is 83.9 cm³/mol. The normalized spacial score (nSPS) is 14.8. The molecule has 0 aliphatic carbocycles. The molecule has 0 atom stereocenters. The van der Waals surface area contributed by atoms with Crippen molar-refractivity contribution in [2.75, 3.05) is 26.2 Å². The number of pyridine rings is 1. The van der Waals surface area contributed by atoms with Crippen molar-refractivity contribution < 1.29 is 14.0 Å². The van der Waals surface area contributed by atoms with E-state index in [1.165, 1.54) is 12.5 Å². The topological polar surface area (TPSA) is 66.7 Å². The highest BCUT2D eigenvalue weighted by Crippen LogP contribution is 2.11. The summed E-state index contributed by atoms with van der Waals surface area (Å²) in [6.07, 6.45) is 5.03. The van der Waals surface area contributed by atoms with Gasteiger partial charge in [0.25, 0.3) is 5.91 Å². The summed E-state index contributed by atoms with van der Waals surface area (Å²) in [5.41, 5.74) is 2.40. The van der Waals surface area contributed by atoms with Crippen molar-refractivity contribution in [3.8, 4) is 0 Å². The van der Waals surface area contributed by atoms with Crippen LogP contribution in [0.5, 0.6) is 0 Å². The van der Waals surface area contributed by atoms with Gasteiger partial charge in [-0.25, -0.2) is 0 Å². The van der Waals surface area contributed by atoms with Crippen molar-refractivity contribution >= 4 is 11.8 Å². The minimum Gasteiger partial charge on any atom is -0.472 e. The summed E-state index contributed by atoms with van der Waals surface area (Å²) in [6, 6.07) is 5.49. The van der Waals surface area contributed by atoms with Gasteiger partial charge in [-0.15, -0.1) is 0 Å². The molecule has 0 unspecified atom stereocenters. The minimum atomic E-state index is -0.0476. The second-order valence-corrected chi connectivity index (χ2v) is 5.67. The molecule has 0 radical (unpaired) electrons. The number of aryl methyl sites for hydroxylation is 1. The summed E-state index contributed by atoms with van der Waals surface area (Å²) < 4.78 is 4.94. The quantitative estimate of drug-likeness (QED) is 0.861. The van der Waals surface area contributed by atoms with Crippen LogP contribution in [0.3, 0.4) is 0 Å². The van der Waals surface area contributed by atoms with Gasteiger partial charge >= 0.3 is 0 Å². The van der Waals surface area contributed by atoms with Gasteiger partial charge in [0.1, 0.15) is 6.26 Å². The van der Waals surface area contributed by atoms with Gasteiger partial charge in [0.05, 0.1) is 18.2 Å². The molecule has 2 aromatic heterocycles. The summed E-state index contributed by atoms with van der Waals surface area (Å²) in [5, 5.41) is 0. The fourth-order valence-corrected chi connectivity index (χ4v) is 2.62. The maximum absolute atomic E-state index is 12.3. The first-order valence-corrected chi connectivity index (χ1v) is 7.64. The Bertz CT molecular complexity index is 672. The van der Waals surface area contributed by atoms with E-state index in [-0.39, 0.29) is 11.8 Å². The van der Waals surface area contributed by atoms with E-state index in [1.807, 2.05) is 19.1 Å². The average Bonchev–Trinajstić information content (AvgIpc) is 3.11. The van der Waals surface area contributed by atoms with E-state index in [0.717, 1.165) is 11.3 Å². The standard InChI is InChI=1S/C17H19N3O3/c1-13-2-3-14(11-18-13)10-16(21)19-5-7-20(8-6-19)17(22)15-4-9-23-12-15/h2-4,9,11-12H,5-8,10H2,1H3. The van der Waals surface area contributed by atoms with Gasteiger partial charge in [0.2, 0.25) is 5.91 Å². The molecular weight excluding hydrogens is 294 g/mol. The maximum Gasteiger partial charge on any atom is 0.257 e. The van der Waals surface area contributed by atoms with Crippen LogP contribution in [0.15, 0.2) is 41.3 Å². The lowest BCUT2D eigenvalue weighted by atomic mass is 10.1. The van der Waals surface area contributed by atoms with Crippen LogP contribution in [0.25, 0.3) is 0 Å². The molecule has 0 bridgehead atoms. The Morgan fingerprint density at radius 2 is 1.87 bits per heavy atom. The molecule has 0 saturated carbocycles. The Morgan fingerprint density at radius 3 is 2.48 bits per heavy atom. The summed E-state index contributed by atoms with van der Waals surface area (Å²) in [5.74, 6) is 0.0275. The van der Waals surface area contributed by atoms with Crippen LogP contribution in [0, 0.1) is 6.92 Å². The predicted octanol–water partition coefficient (Wildman–Crippen LogP) is 1.51. The highest BCUT2D eigenvalue weighted by Gasteiger charge is 2.25. The first-order valence-electron chi connectivity index (χ1n) is 7.64. The lowest BCUT2D eigenvalue weighted by Crippen LogP contribution is -2.50. The van der Waals surface area contributed by atoms with E-state index in [1.54, 1.807) is 22.1 Å². The number of aromatic nitrogens is 1. The van der Waals surface area contributed by atoms with Crippen molar-refractivity contribution in [2.45, 2.75) is 13.3 Å². The summed E-state index contributed by atoms with van der Waals surface area (Å²) in [6.45, 7) is 4.12. The maximum atomic E-state index is 12.3. The van der Waals surface area contributed by atoms with Gasteiger partial charge < -0.3 is 14.2 Å². The third kappa shape index (κ3) is 3.59. The monoisotopic (exact) mass is 313 g/mol. The van der Waals surface area contributed by atoms with Crippen LogP contribution in [0.4, 0.5) is 0 Å². The zero-order chi connectivity index (χ0) is 16.2. The molecule has 3 heterocycles. The molecule has 6 nitrogen and oxygen atoms in total. The molecule has 120 valence electrons. The van der Waals surface area contributed by atoms with Crippen molar-refractivity contribution in [2.24, 2.45) is 0 Å². The van der Waals surface area contributed by atoms with Crippen molar-refractivity contribution in [1.29, 1.82) is 0 Å². The van der Waals surface area contributed by atoms with E-state index >= 15 is 0 Å². The smallest absolute Gasteiger partial charge is 0.257 e. The largest absolute Gasteiger partial charge is 0.472 e. The van der Waals surface area contributed by atoms with Gasteiger partial charge in [-0.3, -0.25) is 14.6 Å². The third-order valence-electron chi connectivity index (χ3n) is 4.02. The molecule has 0 aromatic carbocycles. The number of hydrogen-bond acceptors (Lipinski definition) is 4. The molecule has 0 N–H and O–H groups in total. The third-order valence-corrected chi connectivity index (χ3v) is 4.02. The number of furan rings is 1. The van der Waals surface area contributed by atoms with E-state index in [4.69, 9.17) is 4.42 Å². The molecule has 3 rings (SSSR count). The molecule has 1 aliphatic heterocycles. The van der Waals surface area contributed by atoms with Crippen molar-refractivity contribution in [3.63, 3.8) is 0 Å². The minimum absolute atomic E-state index is 0.0476. The Morgan fingerprint density at radius 1 is 1.13 bits per heavy atom. The zero-order valence-corrected chi connectivity index (χ0v) is 13.1. The van der Waals surface area contributed by atoms with Crippen molar-refractivity contribution in [1.82, 2.24) is 14.8 Å². The molecule has 6 heteroatoms. The molecule has 1 saturated heterocycles. The summed E-state index contributed by atoms with van der Waals surface area (Å²) >= 11 is 0. The Kier molecular flexibility index (Phi) is 4.41. The number of piperazine rings is 1. The van der Waals surface area contributed by atoms with Gasteiger partial charge in [-0.1, -0.05) is 6.07 Å². The average molecular weight is 313 g/mol. The van der Waals surface area contributed by atoms with Crippen LogP contribution in [-0.4, -0.2) is 52.8 Å². The fourth-order valence-electron chi connectivity index (χ4n) is 2.62. The lowest BCUT2D eigenvalue weighted by molar-refractivity contribution is -0.131. The van der Waals surface area contributed by atoms with Gasteiger partial charge in [0, 0.05) is 38.1 Å². The number of amides is 2. The number of carbonyl (C=O) groups excluding carboxylic acids is 2. The molecule has 0 spiro atoms. The SMILES string of the molecule is Cc1ccc(CC(=O)N2CCN(C(=O)c3ccoc3)CC2)cn1. The first-order chi connectivity index (χ1) is 11.1.